The first kappa shape index (κ1) is 14.1. The lowest BCUT2D eigenvalue weighted by Gasteiger charge is -2.11. The quantitative estimate of drug-likeness (QED) is 0.911. The zero-order chi connectivity index (χ0) is 14.6. The summed E-state index contributed by atoms with van der Waals surface area (Å²) < 4.78 is 37.0. The van der Waals surface area contributed by atoms with E-state index in [-0.39, 0.29) is 4.90 Å². The van der Waals surface area contributed by atoms with Crippen molar-refractivity contribution in [3.8, 4) is 11.5 Å². The minimum atomic E-state index is -3.69. The number of hydrogen-bond donors (Lipinski definition) is 1. The summed E-state index contributed by atoms with van der Waals surface area (Å²) in [5, 5.41) is 0. The highest BCUT2D eigenvalue weighted by atomic mass is 32.2. The van der Waals surface area contributed by atoms with Gasteiger partial charge in [-0.3, -0.25) is 9.71 Å². The first-order chi connectivity index (χ1) is 9.55. The molecular formula is C13H14N2O4S. The number of pyridine rings is 1. The Bertz CT molecular complexity index is 665. The van der Waals surface area contributed by atoms with E-state index in [1.165, 1.54) is 32.7 Å². The number of ether oxygens (including phenoxy) is 2. The van der Waals surface area contributed by atoms with Crippen LogP contribution in [0.25, 0.3) is 0 Å². The number of nitrogens with one attached hydrogen (secondary N) is 1. The molecule has 0 aliphatic heterocycles. The Morgan fingerprint density at radius 3 is 2.25 bits per heavy atom. The summed E-state index contributed by atoms with van der Waals surface area (Å²) in [6, 6.07) is 7.81. The van der Waals surface area contributed by atoms with E-state index in [2.05, 4.69) is 9.71 Å². The van der Waals surface area contributed by atoms with E-state index in [1.54, 1.807) is 24.3 Å². The Balaban J connectivity index is 2.34. The van der Waals surface area contributed by atoms with Crippen molar-refractivity contribution in [2.24, 2.45) is 0 Å². The molecule has 2 aromatic rings. The van der Waals surface area contributed by atoms with Crippen molar-refractivity contribution in [3.63, 3.8) is 0 Å². The van der Waals surface area contributed by atoms with E-state index in [0.717, 1.165) is 0 Å². The van der Waals surface area contributed by atoms with Crippen molar-refractivity contribution in [1.29, 1.82) is 0 Å². The van der Waals surface area contributed by atoms with Gasteiger partial charge in [0.2, 0.25) is 0 Å². The Morgan fingerprint density at radius 2 is 1.75 bits per heavy atom. The Hall–Kier alpha value is -2.28. The van der Waals surface area contributed by atoms with Gasteiger partial charge in [-0.15, -0.1) is 0 Å². The molecule has 1 heterocycles. The summed E-state index contributed by atoms with van der Waals surface area (Å²) in [6.07, 6.45) is 2.79. The third-order valence-electron chi connectivity index (χ3n) is 2.55. The number of methoxy groups -OCH3 is 2. The normalized spacial score (nSPS) is 10.9. The monoisotopic (exact) mass is 294 g/mol. The van der Waals surface area contributed by atoms with E-state index in [4.69, 9.17) is 9.47 Å². The number of nitrogens with zero attached hydrogens (tertiary/aromatic N) is 1. The minimum absolute atomic E-state index is 0.0850. The topological polar surface area (TPSA) is 77.5 Å². The van der Waals surface area contributed by atoms with Crippen LogP contribution in [0.2, 0.25) is 0 Å². The summed E-state index contributed by atoms with van der Waals surface area (Å²) in [6.45, 7) is 0. The number of sulfonamides is 1. The van der Waals surface area contributed by atoms with Gasteiger partial charge in [0.15, 0.2) is 0 Å². The van der Waals surface area contributed by atoms with E-state index in [0.29, 0.717) is 17.2 Å². The first-order valence-corrected chi connectivity index (χ1v) is 7.19. The molecule has 2 rings (SSSR count). The molecule has 0 saturated carbocycles. The van der Waals surface area contributed by atoms with Crippen molar-refractivity contribution in [2.75, 3.05) is 18.9 Å². The van der Waals surface area contributed by atoms with Crippen LogP contribution in [0.15, 0.2) is 47.6 Å². The van der Waals surface area contributed by atoms with Crippen molar-refractivity contribution in [3.05, 3.63) is 42.7 Å². The molecule has 0 saturated heterocycles. The molecule has 0 unspecified atom stereocenters. The Kier molecular flexibility index (Phi) is 4.09. The smallest absolute Gasteiger partial charge is 0.263 e. The van der Waals surface area contributed by atoms with E-state index >= 15 is 0 Å². The second kappa shape index (κ2) is 5.79. The molecule has 20 heavy (non-hydrogen) atoms. The predicted molar refractivity (Wildman–Crippen MR) is 74.6 cm³/mol. The van der Waals surface area contributed by atoms with Crippen molar-refractivity contribution in [2.45, 2.75) is 4.90 Å². The molecule has 0 radical (unpaired) electrons. The molecule has 0 bridgehead atoms. The van der Waals surface area contributed by atoms with Gasteiger partial charge in [-0.25, -0.2) is 8.42 Å². The average molecular weight is 294 g/mol. The van der Waals surface area contributed by atoms with Gasteiger partial charge < -0.3 is 9.47 Å². The number of rotatable bonds is 5. The van der Waals surface area contributed by atoms with Crippen molar-refractivity contribution >= 4 is 15.7 Å². The maximum Gasteiger partial charge on any atom is 0.263 e. The van der Waals surface area contributed by atoms with Gasteiger partial charge in [-0.1, -0.05) is 0 Å². The van der Waals surface area contributed by atoms with E-state index < -0.39 is 10.0 Å². The Labute approximate surface area is 117 Å². The molecule has 106 valence electrons. The van der Waals surface area contributed by atoms with E-state index in [9.17, 15) is 8.42 Å². The molecule has 7 heteroatoms. The lowest BCUT2D eigenvalue weighted by Crippen LogP contribution is -2.13. The van der Waals surface area contributed by atoms with Gasteiger partial charge in [0.1, 0.15) is 16.4 Å². The van der Waals surface area contributed by atoms with Crippen molar-refractivity contribution in [1.82, 2.24) is 4.98 Å². The fourth-order valence-electron chi connectivity index (χ4n) is 1.59. The van der Waals surface area contributed by atoms with Crippen LogP contribution in [0.5, 0.6) is 11.5 Å². The maximum atomic E-state index is 12.2. The van der Waals surface area contributed by atoms with Gasteiger partial charge in [0.25, 0.3) is 10.0 Å². The van der Waals surface area contributed by atoms with Crippen LogP contribution >= 0.6 is 0 Å². The molecule has 0 aliphatic carbocycles. The molecule has 1 aromatic carbocycles. The van der Waals surface area contributed by atoms with Gasteiger partial charge in [0, 0.05) is 30.6 Å². The van der Waals surface area contributed by atoms with Gasteiger partial charge in [-0.05, 0) is 12.1 Å². The molecule has 1 aromatic heterocycles. The summed E-state index contributed by atoms with van der Waals surface area (Å²) in [4.78, 5) is 3.88. The largest absolute Gasteiger partial charge is 0.497 e. The Morgan fingerprint density at radius 1 is 1.10 bits per heavy atom. The van der Waals surface area contributed by atoms with Crippen LogP contribution < -0.4 is 14.2 Å². The highest BCUT2D eigenvalue weighted by molar-refractivity contribution is 7.92. The zero-order valence-corrected chi connectivity index (χ0v) is 11.8. The van der Waals surface area contributed by atoms with Gasteiger partial charge in [-0.2, -0.15) is 0 Å². The molecule has 0 atom stereocenters. The molecule has 1 N–H and O–H groups in total. The maximum absolute atomic E-state index is 12.2. The third kappa shape index (κ3) is 3.18. The van der Waals surface area contributed by atoms with E-state index in [1.807, 2.05) is 0 Å². The molecule has 6 nitrogen and oxygen atoms in total. The van der Waals surface area contributed by atoms with Crippen LogP contribution in [-0.4, -0.2) is 27.6 Å². The molecule has 0 amide bonds. The fourth-order valence-corrected chi connectivity index (χ4v) is 2.59. The molecule has 0 fully saturated rings. The lowest BCUT2D eigenvalue weighted by atomic mass is 10.3. The number of anilines is 1. The summed E-state index contributed by atoms with van der Waals surface area (Å²) in [5.74, 6) is 0.987. The molecule has 0 spiro atoms. The summed E-state index contributed by atoms with van der Waals surface area (Å²) >= 11 is 0. The number of hydrogen-bond acceptors (Lipinski definition) is 5. The SMILES string of the molecule is COc1cc(NS(=O)(=O)c2cccnc2)cc(OC)c1. The number of aromatic nitrogens is 1. The fraction of sp³-hybridized carbons (Fsp3) is 0.154. The standard InChI is InChI=1S/C13H14N2O4S/c1-18-11-6-10(7-12(8-11)19-2)15-20(16,17)13-4-3-5-14-9-13/h3-9,15H,1-2H3. The third-order valence-corrected chi connectivity index (χ3v) is 3.91. The first-order valence-electron chi connectivity index (χ1n) is 5.71. The minimum Gasteiger partial charge on any atom is -0.497 e. The van der Waals surface area contributed by atoms with Crippen LogP contribution in [0.4, 0.5) is 5.69 Å². The second-order valence-corrected chi connectivity index (χ2v) is 5.58. The predicted octanol–water partition coefficient (Wildman–Crippen LogP) is 1.90. The van der Waals surface area contributed by atoms with Crippen LogP contribution in [0.1, 0.15) is 0 Å². The summed E-state index contributed by atoms with van der Waals surface area (Å²) in [5.41, 5.74) is 0.352. The summed E-state index contributed by atoms with van der Waals surface area (Å²) in [7, 11) is -0.698. The second-order valence-electron chi connectivity index (χ2n) is 3.90. The molecule has 0 aliphatic rings. The van der Waals surface area contributed by atoms with Gasteiger partial charge in [0.05, 0.1) is 19.9 Å². The van der Waals surface area contributed by atoms with Crippen molar-refractivity contribution < 1.29 is 17.9 Å². The van der Waals surface area contributed by atoms with Crippen LogP contribution in [-0.2, 0) is 10.0 Å². The number of benzene rings is 1. The average Bonchev–Trinajstić information content (AvgIpc) is 2.47. The van der Waals surface area contributed by atoms with Crippen LogP contribution in [0.3, 0.4) is 0 Å². The molecular weight excluding hydrogens is 280 g/mol. The zero-order valence-electron chi connectivity index (χ0n) is 11.0. The van der Waals surface area contributed by atoms with Gasteiger partial charge >= 0.3 is 0 Å². The highest BCUT2D eigenvalue weighted by Gasteiger charge is 2.15. The highest BCUT2D eigenvalue weighted by Crippen LogP contribution is 2.27. The van der Waals surface area contributed by atoms with Crippen LogP contribution in [0, 0.1) is 0 Å². The lowest BCUT2D eigenvalue weighted by molar-refractivity contribution is 0.395.